The Morgan fingerprint density at radius 2 is 2.11 bits per heavy atom. The Labute approximate surface area is 105 Å². The second-order valence-electron chi connectivity index (χ2n) is 4.30. The zero-order valence-electron chi connectivity index (χ0n) is 10.4. The number of carboxylic acid groups (broad SMARTS) is 1. The molecule has 2 aromatic rings. The van der Waals surface area contributed by atoms with Crippen LogP contribution in [0.4, 0.5) is 0 Å². The maximum atomic E-state index is 11.0. The van der Waals surface area contributed by atoms with E-state index in [1.165, 1.54) is 11.1 Å². The predicted octanol–water partition coefficient (Wildman–Crippen LogP) is 2.77. The topological polar surface area (TPSA) is 63.3 Å². The van der Waals surface area contributed by atoms with Crippen molar-refractivity contribution in [3.8, 4) is 0 Å². The number of aromatic nitrogens is 1. The Kier molecular flexibility index (Phi) is 3.46. The molecule has 0 atom stereocenters. The Balaban J connectivity index is 2.13. The van der Waals surface area contributed by atoms with Gasteiger partial charge in [0, 0.05) is 13.3 Å². The Bertz CT molecular complexity index is 572. The van der Waals surface area contributed by atoms with Crippen LogP contribution in [0.2, 0.25) is 0 Å². The Hall–Kier alpha value is -2.10. The van der Waals surface area contributed by atoms with Crippen molar-refractivity contribution in [2.75, 3.05) is 0 Å². The van der Waals surface area contributed by atoms with Gasteiger partial charge in [0.1, 0.15) is 5.76 Å². The molecular weight excluding hydrogens is 230 g/mol. The maximum absolute atomic E-state index is 11.0. The third-order valence-electron chi connectivity index (χ3n) is 2.73. The summed E-state index contributed by atoms with van der Waals surface area (Å²) in [6.07, 6.45) is 1.29. The summed E-state index contributed by atoms with van der Waals surface area (Å²) < 4.78 is 5.34. The van der Waals surface area contributed by atoms with E-state index in [1.54, 1.807) is 6.92 Å². The molecule has 18 heavy (non-hydrogen) atoms. The first kappa shape index (κ1) is 12.4. The Morgan fingerprint density at radius 3 is 2.78 bits per heavy atom. The van der Waals surface area contributed by atoms with Gasteiger partial charge in [-0.15, -0.1) is 0 Å². The molecule has 0 saturated carbocycles. The normalized spacial score (nSPS) is 10.6. The largest absolute Gasteiger partial charge is 0.476 e. The molecule has 0 aliphatic carbocycles. The van der Waals surface area contributed by atoms with E-state index in [1.807, 2.05) is 25.1 Å². The molecule has 1 aromatic heterocycles. The summed E-state index contributed by atoms with van der Waals surface area (Å²) in [5, 5.41) is 9.00. The minimum absolute atomic E-state index is 0.0279. The summed E-state index contributed by atoms with van der Waals surface area (Å²) in [7, 11) is 0. The highest BCUT2D eigenvalue weighted by molar-refractivity contribution is 5.86. The van der Waals surface area contributed by atoms with Crippen LogP contribution < -0.4 is 0 Å². The van der Waals surface area contributed by atoms with Crippen LogP contribution in [0, 0.1) is 13.8 Å². The van der Waals surface area contributed by atoms with Crippen LogP contribution in [0.3, 0.4) is 0 Å². The van der Waals surface area contributed by atoms with Crippen molar-refractivity contribution in [3.05, 3.63) is 52.7 Å². The van der Waals surface area contributed by atoms with Crippen LogP contribution >= 0.6 is 0 Å². The lowest BCUT2D eigenvalue weighted by atomic mass is 10.1. The zero-order valence-corrected chi connectivity index (χ0v) is 10.4. The summed E-state index contributed by atoms with van der Waals surface area (Å²) in [4.78, 5) is 14.9. The maximum Gasteiger partial charge on any atom is 0.358 e. The number of aromatic carboxylic acids is 1. The highest BCUT2D eigenvalue weighted by Crippen LogP contribution is 2.14. The van der Waals surface area contributed by atoms with Crippen LogP contribution in [0.1, 0.15) is 33.3 Å². The van der Waals surface area contributed by atoms with Crippen molar-refractivity contribution in [1.29, 1.82) is 0 Å². The summed E-state index contributed by atoms with van der Waals surface area (Å²) in [6.45, 7) is 3.69. The minimum atomic E-state index is -1.04. The standard InChI is InChI=1S/C14H15NO3/c1-9-4-3-5-11(8-9)6-7-12-13(14(16)17)15-10(2)18-12/h3-5,8H,6-7H2,1-2H3,(H,16,17). The fourth-order valence-corrected chi connectivity index (χ4v) is 1.93. The molecular formula is C14H15NO3. The first-order valence-electron chi connectivity index (χ1n) is 5.81. The van der Waals surface area contributed by atoms with Gasteiger partial charge < -0.3 is 9.52 Å². The van der Waals surface area contributed by atoms with Crippen molar-refractivity contribution in [2.45, 2.75) is 26.7 Å². The molecule has 0 bridgehead atoms. The van der Waals surface area contributed by atoms with Crippen molar-refractivity contribution < 1.29 is 14.3 Å². The fraction of sp³-hybridized carbons (Fsp3) is 0.286. The lowest BCUT2D eigenvalue weighted by molar-refractivity contribution is 0.0688. The number of oxazole rings is 1. The molecule has 0 radical (unpaired) electrons. The van der Waals surface area contributed by atoms with Gasteiger partial charge in [-0.1, -0.05) is 29.8 Å². The molecule has 94 valence electrons. The predicted molar refractivity (Wildman–Crippen MR) is 66.8 cm³/mol. The van der Waals surface area contributed by atoms with E-state index < -0.39 is 5.97 Å². The SMILES string of the molecule is Cc1cccc(CCc2oc(C)nc2C(=O)O)c1. The van der Waals surface area contributed by atoms with Gasteiger partial charge in [0.25, 0.3) is 0 Å². The number of rotatable bonds is 4. The first-order chi connectivity index (χ1) is 8.56. The molecule has 2 rings (SSSR count). The molecule has 0 amide bonds. The van der Waals surface area contributed by atoms with Gasteiger partial charge in [0.15, 0.2) is 11.6 Å². The molecule has 0 spiro atoms. The van der Waals surface area contributed by atoms with Crippen LogP contribution in [-0.4, -0.2) is 16.1 Å². The lowest BCUT2D eigenvalue weighted by Crippen LogP contribution is -2.02. The molecule has 4 nitrogen and oxygen atoms in total. The van der Waals surface area contributed by atoms with E-state index in [9.17, 15) is 4.79 Å². The van der Waals surface area contributed by atoms with E-state index >= 15 is 0 Å². The lowest BCUT2D eigenvalue weighted by Gasteiger charge is -2.01. The number of nitrogens with zero attached hydrogens (tertiary/aromatic N) is 1. The zero-order chi connectivity index (χ0) is 13.1. The molecule has 0 fully saturated rings. The quantitative estimate of drug-likeness (QED) is 0.899. The van der Waals surface area contributed by atoms with E-state index in [4.69, 9.17) is 9.52 Å². The van der Waals surface area contributed by atoms with Crippen molar-refractivity contribution in [2.24, 2.45) is 0 Å². The number of hydrogen-bond donors (Lipinski definition) is 1. The molecule has 1 N–H and O–H groups in total. The number of aryl methyl sites for hydroxylation is 4. The van der Waals surface area contributed by atoms with Gasteiger partial charge in [-0.05, 0) is 18.9 Å². The van der Waals surface area contributed by atoms with E-state index in [0.29, 0.717) is 18.1 Å². The monoisotopic (exact) mass is 245 g/mol. The summed E-state index contributed by atoms with van der Waals surface area (Å²) >= 11 is 0. The second kappa shape index (κ2) is 5.04. The minimum Gasteiger partial charge on any atom is -0.476 e. The molecule has 0 unspecified atom stereocenters. The molecule has 1 aromatic carbocycles. The van der Waals surface area contributed by atoms with Gasteiger partial charge in [-0.25, -0.2) is 9.78 Å². The third-order valence-corrected chi connectivity index (χ3v) is 2.73. The van der Waals surface area contributed by atoms with Gasteiger partial charge in [0.2, 0.25) is 0 Å². The summed E-state index contributed by atoms with van der Waals surface area (Å²) in [5.74, 6) is -0.195. The molecule has 4 heteroatoms. The van der Waals surface area contributed by atoms with Gasteiger partial charge >= 0.3 is 5.97 Å². The second-order valence-corrected chi connectivity index (χ2v) is 4.30. The van der Waals surface area contributed by atoms with E-state index in [2.05, 4.69) is 11.1 Å². The number of hydrogen-bond acceptors (Lipinski definition) is 3. The van der Waals surface area contributed by atoms with Gasteiger partial charge in [-0.2, -0.15) is 0 Å². The van der Waals surface area contributed by atoms with Crippen LogP contribution in [0.5, 0.6) is 0 Å². The number of carboxylic acids is 1. The van der Waals surface area contributed by atoms with Crippen molar-refractivity contribution in [3.63, 3.8) is 0 Å². The van der Waals surface area contributed by atoms with E-state index in [-0.39, 0.29) is 5.69 Å². The van der Waals surface area contributed by atoms with Crippen LogP contribution in [-0.2, 0) is 12.8 Å². The van der Waals surface area contributed by atoms with Gasteiger partial charge in [-0.3, -0.25) is 0 Å². The number of benzene rings is 1. The third kappa shape index (κ3) is 2.77. The van der Waals surface area contributed by atoms with Crippen molar-refractivity contribution in [1.82, 2.24) is 4.98 Å². The molecule has 0 saturated heterocycles. The van der Waals surface area contributed by atoms with E-state index in [0.717, 1.165) is 6.42 Å². The average molecular weight is 245 g/mol. The first-order valence-corrected chi connectivity index (χ1v) is 5.81. The molecule has 0 aliphatic heterocycles. The van der Waals surface area contributed by atoms with Crippen molar-refractivity contribution >= 4 is 5.97 Å². The van der Waals surface area contributed by atoms with Gasteiger partial charge in [0.05, 0.1) is 0 Å². The summed E-state index contributed by atoms with van der Waals surface area (Å²) in [6, 6.07) is 8.14. The number of carbonyl (C=O) groups is 1. The highest BCUT2D eigenvalue weighted by atomic mass is 16.4. The van der Waals surface area contributed by atoms with Crippen LogP contribution in [0.25, 0.3) is 0 Å². The smallest absolute Gasteiger partial charge is 0.358 e. The molecule has 0 aliphatic rings. The molecule has 1 heterocycles. The van der Waals surface area contributed by atoms with Crippen LogP contribution in [0.15, 0.2) is 28.7 Å². The fourth-order valence-electron chi connectivity index (χ4n) is 1.93. The Morgan fingerprint density at radius 1 is 1.33 bits per heavy atom. The highest BCUT2D eigenvalue weighted by Gasteiger charge is 2.17. The summed E-state index contributed by atoms with van der Waals surface area (Å²) in [5.41, 5.74) is 2.39. The average Bonchev–Trinajstić information content (AvgIpc) is 2.68.